The number of nitrogens with one attached hydrogen (secondary N) is 1. The van der Waals surface area contributed by atoms with Crippen molar-refractivity contribution in [3.8, 4) is 0 Å². The molecule has 1 unspecified atom stereocenters. The summed E-state index contributed by atoms with van der Waals surface area (Å²) in [5.74, 6) is 6.32. The van der Waals surface area contributed by atoms with Crippen LogP contribution in [-0.4, -0.2) is 9.78 Å². The minimum absolute atomic E-state index is 0.106. The largest absolute Gasteiger partial charge is 0.468 e. The highest BCUT2D eigenvalue weighted by atomic mass is 35.5. The van der Waals surface area contributed by atoms with Crippen LogP contribution in [-0.2, 0) is 13.5 Å². The van der Waals surface area contributed by atoms with Gasteiger partial charge in [-0.3, -0.25) is 10.5 Å². The van der Waals surface area contributed by atoms with E-state index in [-0.39, 0.29) is 6.04 Å². The molecule has 0 spiro atoms. The number of rotatable bonds is 4. The van der Waals surface area contributed by atoms with Crippen molar-refractivity contribution in [1.29, 1.82) is 0 Å². The number of hydrogen-bond acceptors (Lipinski definition) is 4. The Kier molecular flexibility index (Phi) is 3.51. The van der Waals surface area contributed by atoms with Crippen molar-refractivity contribution in [2.45, 2.75) is 19.4 Å². The fourth-order valence-electron chi connectivity index (χ4n) is 1.84. The molecule has 0 aromatic carbocycles. The maximum absolute atomic E-state index is 6.18. The fraction of sp³-hybridized carbons (Fsp3) is 0.364. The van der Waals surface area contributed by atoms with Gasteiger partial charge in [-0.1, -0.05) is 11.6 Å². The third-order valence-corrected chi connectivity index (χ3v) is 3.24. The first-order chi connectivity index (χ1) is 8.13. The van der Waals surface area contributed by atoms with Crippen LogP contribution < -0.4 is 11.3 Å². The van der Waals surface area contributed by atoms with E-state index >= 15 is 0 Å². The third-order valence-electron chi connectivity index (χ3n) is 2.77. The Morgan fingerprint density at radius 2 is 2.41 bits per heavy atom. The Labute approximate surface area is 105 Å². The Hall–Kier alpha value is -1.30. The minimum Gasteiger partial charge on any atom is -0.468 e. The summed E-state index contributed by atoms with van der Waals surface area (Å²) in [4.78, 5) is 0. The van der Waals surface area contributed by atoms with E-state index in [0.29, 0.717) is 11.6 Å². The van der Waals surface area contributed by atoms with Crippen LogP contribution >= 0.6 is 11.6 Å². The highest BCUT2D eigenvalue weighted by molar-refractivity contribution is 6.30. The molecular formula is C11H15ClN4O. The fourth-order valence-corrected chi connectivity index (χ4v) is 2.09. The number of hydrazine groups is 1. The third kappa shape index (κ3) is 2.36. The van der Waals surface area contributed by atoms with Crippen LogP contribution in [0.5, 0.6) is 0 Å². The minimum atomic E-state index is -0.106. The monoisotopic (exact) mass is 254 g/mol. The number of nitrogens with two attached hydrogens (primary N) is 1. The van der Waals surface area contributed by atoms with E-state index in [2.05, 4.69) is 10.5 Å². The summed E-state index contributed by atoms with van der Waals surface area (Å²) in [6.45, 7) is 1.93. The highest BCUT2D eigenvalue weighted by Crippen LogP contribution is 2.25. The van der Waals surface area contributed by atoms with Crippen molar-refractivity contribution >= 4 is 11.6 Å². The van der Waals surface area contributed by atoms with E-state index in [1.807, 2.05) is 26.1 Å². The molecule has 0 aliphatic carbocycles. The summed E-state index contributed by atoms with van der Waals surface area (Å²) >= 11 is 6.18. The van der Waals surface area contributed by atoms with Crippen molar-refractivity contribution in [2.24, 2.45) is 12.9 Å². The van der Waals surface area contributed by atoms with Crippen LogP contribution in [0.2, 0.25) is 5.15 Å². The van der Waals surface area contributed by atoms with Gasteiger partial charge in [0, 0.05) is 19.0 Å². The van der Waals surface area contributed by atoms with E-state index in [9.17, 15) is 0 Å². The second-order valence-electron chi connectivity index (χ2n) is 3.92. The lowest BCUT2D eigenvalue weighted by Crippen LogP contribution is -2.29. The lowest BCUT2D eigenvalue weighted by Gasteiger charge is -2.12. The Bertz CT molecular complexity index is 492. The van der Waals surface area contributed by atoms with Gasteiger partial charge < -0.3 is 4.42 Å². The van der Waals surface area contributed by atoms with E-state index in [4.69, 9.17) is 21.9 Å². The molecule has 6 heteroatoms. The quantitative estimate of drug-likeness (QED) is 0.644. The molecule has 0 saturated carbocycles. The van der Waals surface area contributed by atoms with Gasteiger partial charge in [0.15, 0.2) is 0 Å². The van der Waals surface area contributed by atoms with Gasteiger partial charge in [0.1, 0.15) is 10.9 Å². The predicted molar refractivity (Wildman–Crippen MR) is 65.4 cm³/mol. The summed E-state index contributed by atoms with van der Waals surface area (Å²) in [6.07, 6.45) is 2.26. The molecule has 17 heavy (non-hydrogen) atoms. The van der Waals surface area contributed by atoms with Crippen LogP contribution in [0.25, 0.3) is 0 Å². The van der Waals surface area contributed by atoms with Crippen molar-refractivity contribution in [3.05, 3.63) is 40.6 Å². The lowest BCUT2D eigenvalue weighted by atomic mass is 10.1. The number of nitrogens with zero attached hydrogens (tertiary/aromatic N) is 2. The number of halogens is 1. The van der Waals surface area contributed by atoms with E-state index < -0.39 is 0 Å². The van der Waals surface area contributed by atoms with Crippen molar-refractivity contribution in [1.82, 2.24) is 15.2 Å². The molecule has 0 aliphatic heterocycles. The number of hydrogen-bond donors (Lipinski definition) is 2. The summed E-state index contributed by atoms with van der Waals surface area (Å²) in [6, 6.07) is 3.60. The number of furan rings is 1. The van der Waals surface area contributed by atoms with E-state index in [1.165, 1.54) is 0 Å². The van der Waals surface area contributed by atoms with Crippen molar-refractivity contribution in [2.75, 3.05) is 0 Å². The maximum atomic E-state index is 6.18. The molecule has 3 N–H and O–H groups in total. The Morgan fingerprint density at radius 1 is 1.65 bits per heavy atom. The van der Waals surface area contributed by atoms with Gasteiger partial charge in [-0.25, -0.2) is 5.43 Å². The van der Waals surface area contributed by atoms with Gasteiger partial charge in [-0.05, 0) is 19.1 Å². The normalized spacial score (nSPS) is 12.9. The Balaban J connectivity index is 2.24. The molecule has 5 nitrogen and oxygen atoms in total. The molecular weight excluding hydrogens is 240 g/mol. The highest BCUT2D eigenvalue weighted by Gasteiger charge is 2.19. The van der Waals surface area contributed by atoms with E-state index in [0.717, 1.165) is 17.0 Å². The van der Waals surface area contributed by atoms with Gasteiger partial charge in [-0.15, -0.1) is 0 Å². The molecule has 0 aliphatic rings. The summed E-state index contributed by atoms with van der Waals surface area (Å²) in [7, 11) is 1.82. The Morgan fingerprint density at radius 3 is 2.88 bits per heavy atom. The standard InChI is InChI=1S/C11H15ClN4O/c1-7-8(11(12)16(2)15-7)6-9(14-13)10-4-3-5-17-10/h3-5,9,14H,6,13H2,1-2H3. The molecule has 0 bridgehead atoms. The SMILES string of the molecule is Cc1nn(C)c(Cl)c1CC(NN)c1ccco1. The van der Waals surface area contributed by atoms with Crippen LogP contribution in [0.4, 0.5) is 0 Å². The zero-order chi connectivity index (χ0) is 12.4. The first-order valence-corrected chi connectivity index (χ1v) is 5.68. The molecule has 0 radical (unpaired) electrons. The number of aryl methyl sites for hydroxylation is 2. The first-order valence-electron chi connectivity index (χ1n) is 5.31. The van der Waals surface area contributed by atoms with Crippen LogP contribution in [0, 0.1) is 6.92 Å². The molecule has 0 amide bonds. The molecule has 92 valence electrons. The smallest absolute Gasteiger partial charge is 0.130 e. The predicted octanol–water partition coefficient (Wildman–Crippen LogP) is 1.72. The van der Waals surface area contributed by atoms with Crippen LogP contribution in [0.3, 0.4) is 0 Å². The molecule has 2 aromatic rings. The lowest BCUT2D eigenvalue weighted by molar-refractivity contribution is 0.415. The molecule has 2 heterocycles. The van der Waals surface area contributed by atoms with Gasteiger partial charge in [0.05, 0.1) is 18.0 Å². The van der Waals surface area contributed by atoms with Gasteiger partial charge >= 0.3 is 0 Å². The molecule has 2 aromatic heterocycles. The van der Waals surface area contributed by atoms with Crippen LogP contribution in [0.1, 0.15) is 23.1 Å². The van der Waals surface area contributed by atoms with Crippen molar-refractivity contribution in [3.63, 3.8) is 0 Å². The van der Waals surface area contributed by atoms with Gasteiger partial charge in [0.2, 0.25) is 0 Å². The maximum Gasteiger partial charge on any atom is 0.130 e. The van der Waals surface area contributed by atoms with E-state index in [1.54, 1.807) is 10.9 Å². The summed E-state index contributed by atoms with van der Waals surface area (Å²) in [5.41, 5.74) is 4.61. The zero-order valence-electron chi connectivity index (χ0n) is 9.77. The molecule has 0 saturated heterocycles. The van der Waals surface area contributed by atoms with Gasteiger partial charge in [0.25, 0.3) is 0 Å². The van der Waals surface area contributed by atoms with Crippen molar-refractivity contribution < 1.29 is 4.42 Å². The second-order valence-corrected chi connectivity index (χ2v) is 4.28. The van der Waals surface area contributed by atoms with Crippen LogP contribution in [0.15, 0.2) is 22.8 Å². The van der Waals surface area contributed by atoms with Gasteiger partial charge in [-0.2, -0.15) is 5.10 Å². The summed E-state index contributed by atoms with van der Waals surface area (Å²) in [5, 5.41) is 4.90. The zero-order valence-corrected chi connectivity index (χ0v) is 10.5. The average molecular weight is 255 g/mol. The first kappa shape index (κ1) is 12.2. The molecule has 2 rings (SSSR count). The average Bonchev–Trinajstić information content (AvgIpc) is 2.89. The molecule has 0 fully saturated rings. The molecule has 1 atom stereocenters. The summed E-state index contributed by atoms with van der Waals surface area (Å²) < 4.78 is 6.99. The number of aromatic nitrogens is 2. The topological polar surface area (TPSA) is 69.0 Å². The second kappa shape index (κ2) is 4.91.